The Kier molecular flexibility index (Phi) is 6.10. The summed E-state index contributed by atoms with van der Waals surface area (Å²) in [6, 6.07) is 8.73. The van der Waals surface area contributed by atoms with Crippen molar-refractivity contribution < 1.29 is 0 Å². The van der Waals surface area contributed by atoms with Crippen LogP contribution in [-0.4, -0.2) is 0 Å². The number of halogens is 1. The highest BCUT2D eigenvalue weighted by molar-refractivity contribution is 14.1. The van der Waals surface area contributed by atoms with Crippen molar-refractivity contribution in [2.75, 3.05) is 0 Å². The molecule has 16 heavy (non-hydrogen) atoms. The van der Waals surface area contributed by atoms with Gasteiger partial charge in [0.05, 0.1) is 0 Å². The number of allylic oxidation sites excluding steroid dienone is 2. The lowest BCUT2D eigenvalue weighted by Gasteiger charge is -2.13. The van der Waals surface area contributed by atoms with Crippen molar-refractivity contribution in [2.45, 2.75) is 46.5 Å². The summed E-state index contributed by atoms with van der Waals surface area (Å²) in [6.07, 6.45) is 4.87. The van der Waals surface area contributed by atoms with Gasteiger partial charge in [0.15, 0.2) is 0 Å². The molecule has 0 unspecified atom stereocenters. The summed E-state index contributed by atoms with van der Waals surface area (Å²) in [7, 11) is 0. The van der Waals surface area contributed by atoms with Crippen LogP contribution < -0.4 is 0 Å². The molecule has 1 aromatic rings. The molecule has 0 fully saturated rings. The molecule has 1 rings (SSSR count). The van der Waals surface area contributed by atoms with Crippen LogP contribution in [0.2, 0.25) is 0 Å². The van der Waals surface area contributed by atoms with Gasteiger partial charge in [0.1, 0.15) is 0 Å². The monoisotopic (exact) mass is 328 g/mol. The third-order valence-electron chi connectivity index (χ3n) is 2.77. The van der Waals surface area contributed by atoms with Crippen molar-refractivity contribution in [3.05, 3.63) is 39.0 Å². The molecule has 0 N–H and O–H groups in total. The number of hydrogen-bond acceptors (Lipinski definition) is 0. The highest BCUT2D eigenvalue weighted by Gasteiger charge is 2.08. The van der Waals surface area contributed by atoms with Gasteiger partial charge >= 0.3 is 0 Å². The Bertz CT molecular complexity index is 363. The van der Waals surface area contributed by atoms with Crippen LogP contribution in [0.3, 0.4) is 0 Å². The summed E-state index contributed by atoms with van der Waals surface area (Å²) in [4.78, 5) is 0. The topological polar surface area (TPSA) is 0 Å². The maximum Gasteiger partial charge on any atom is -0.00561 e. The standard InChI is InChI=1S/C15H21I/c1-4-8-14(15(16)9-5-2)13-11-7-6-10-12(13)3/h6-7,10-11H,4-5,8-9H2,1-3H3/b15-14-. The van der Waals surface area contributed by atoms with Gasteiger partial charge in [-0.15, -0.1) is 0 Å². The second-order valence-electron chi connectivity index (χ2n) is 4.20. The van der Waals surface area contributed by atoms with Gasteiger partial charge in [-0.2, -0.15) is 0 Å². The normalized spacial score (nSPS) is 12.5. The van der Waals surface area contributed by atoms with Gasteiger partial charge in [-0.1, -0.05) is 51.0 Å². The molecule has 0 spiro atoms. The average molecular weight is 328 g/mol. The largest absolute Gasteiger partial charge is 0.0651 e. The van der Waals surface area contributed by atoms with Gasteiger partial charge in [0.25, 0.3) is 0 Å². The number of rotatable bonds is 5. The van der Waals surface area contributed by atoms with Crippen LogP contribution in [0.4, 0.5) is 0 Å². The Hall–Kier alpha value is -0.310. The summed E-state index contributed by atoms with van der Waals surface area (Å²) in [5.41, 5.74) is 4.40. The van der Waals surface area contributed by atoms with Crippen molar-refractivity contribution in [3.8, 4) is 0 Å². The number of aryl methyl sites for hydroxylation is 1. The van der Waals surface area contributed by atoms with Crippen LogP contribution in [0, 0.1) is 6.92 Å². The van der Waals surface area contributed by atoms with E-state index in [1.165, 1.54) is 40.4 Å². The molecule has 0 radical (unpaired) electrons. The zero-order valence-electron chi connectivity index (χ0n) is 10.5. The molecule has 88 valence electrons. The van der Waals surface area contributed by atoms with Crippen LogP contribution >= 0.6 is 22.6 Å². The summed E-state index contributed by atoms with van der Waals surface area (Å²) >= 11 is 2.53. The lowest BCUT2D eigenvalue weighted by Crippen LogP contribution is -1.91. The first-order valence-corrected chi connectivity index (χ1v) is 7.22. The first-order valence-electron chi connectivity index (χ1n) is 6.14. The fourth-order valence-electron chi connectivity index (χ4n) is 1.95. The highest BCUT2D eigenvalue weighted by Crippen LogP contribution is 2.32. The van der Waals surface area contributed by atoms with Gasteiger partial charge in [0.2, 0.25) is 0 Å². The van der Waals surface area contributed by atoms with Crippen LogP contribution in [0.5, 0.6) is 0 Å². The van der Waals surface area contributed by atoms with E-state index in [-0.39, 0.29) is 0 Å². The van der Waals surface area contributed by atoms with E-state index in [0.29, 0.717) is 0 Å². The van der Waals surface area contributed by atoms with Gasteiger partial charge in [-0.25, -0.2) is 0 Å². The Balaban J connectivity index is 3.12. The second kappa shape index (κ2) is 7.10. The maximum atomic E-state index is 2.53. The van der Waals surface area contributed by atoms with Crippen LogP contribution in [0.25, 0.3) is 5.57 Å². The minimum atomic E-state index is 1.20. The Morgan fingerprint density at radius 3 is 2.25 bits per heavy atom. The van der Waals surface area contributed by atoms with Crippen molar-refractivity contribution in [2.24, 2.45) is 0 Å². The number of hydrogen-bond donors (Lipinski definition) is 0. The molecule has 0 saturated carbocycles. The van der Waals surface area contributed by atoms with E-state index in [4.69, 9.17) is 0 Å². The molecule has 0 aromatic heterocycles. The van der Waals surface area contributed by atoms with Gasteiger partial charge in [-0.3, -0.25) is 0 Å². The molecule has 0 heterocycles. The minimum absolute atomic E-state index is 1.20. The second-order valence-corrected chi connectivity index (χ2v) is 5.50. The van der Waals surface area contributed by atoms with Crippen molar-refractivity contribution in [1.82, 2.24) is 0 Å². The van der Waals surface area contributed by atoms with E-state index in [1.807, 2.05) is 0 Å². The molecule has 1 aromatic carbocycles. The predicted octanol–water partition coefficient (Wildman–Crippen LogP) is 5.74. The molecule has 0 aliphatic carbocycles. The zero-order valence-corrected chi connectivity index (χ0v) is 12.7. The van der Waals surface area contributed by atoms with E-state index in [0.717, 1.165) is 0 Å². The highest BCUT2D eigenvalue weighted by atomic mass is 127. The Morgan fingerprint density at radius 1 is 1.06 bits per heavy atom. The summed E-state index contributed by atoms with van der Waals surface area (Å²) in [5.74, 6) is 0. The van der Waals surface area contributed by atoms with E-state index >= 15 is 0 Å². The van der Waals surface area contributed by atoms with Gasteiger partial charge in [-0.05, 0) is 62.6 Å². The lowest BCUT2D eigenvalue weighted by atomic mass is 9.96. The zero-order chi connectivity index (χ0) is 12.0. The molecule has 0 nitrogen and oxygen atoms in total. The van der Waals surface area contributed by atoms with E-state index in [1.54, 1.807) is 5.57 Å². The first-order chi connectivity index (χ1) is 7.70. The third-order valence-corrected chi connectivity index (χ3v) is 3.96. The fraction of sp³-hybridized carbons (Fsp3) is 0.467. The minimum Gasteiger partial charge on any atom is -0.0651 e. The van der Waals surface area contributed by atoms with Crippen molar-refractivity contribution in [3.63, 3.8) is 0 Å². The lowest BCUT2D eigenvalue weighted by molar-refractivity contribution is 0.928. The summed E-state index contributed by atoms with van der Waals surface area (Å²) in [5, 5.41) is 0. The summed E-state index contributed by atoms with van der Waals surface area (Å²) in [6.45, 7) is 6.72. The SMILES string of the molecule is CCC/C(I)=C(\CCC)c1ccccc1C. The molecule has 0 aliphatic rings. The van der Waals surface area contributed by atoms with Gasteiger partial charge in [0, 0.05) is 0 Å². The Labute approximate surface area is 113 Å². The fourth-order valence-corrected chi connectivity index (χ4v) is 3.05. The smallest absolute Gasteiger partial charge is 0.00561 e. The van der Waals surface area contributed by atoms with Crippen LogP contribution in [-0.2, 0) is 0 Å². The summed E-state index contributed by atoms with van der Waals surface area (Å²) < 4.78 is 1.54. The molecule has 0 amide bonds. The first kappa shape index (κ1) is 13.8. The van der Waals surface area contributed by atoms with E-state index < -0.39 is 0 Å². The molecular formula is C15H21I. The number of benzene rings is 1. The van der Waals surface area contributed by atoms with Gasteiger partial charge < -0.3 is 0 Å². The maximum absolute atomic E-state index is 2.53. The predicted molar refractivity (Wildman–Crippen MR) is 81.9 cm³/mol. The molecule has 0 aliphatic heterocycles. The van der Waals surface area contributed by atoms with Crippen LogP contribution in [0.15, 0.2) is 27.8 Å². The van der Waals surface area contributed by atoms with Crippen molar-refractivity contribution in [1.29, 1.82) is 0 Å². The quantitative estimate of drug-likeness (QED) is 0.605. The van der Waals surface area contributed by atoms with E-state index in [2.05, 4.69) is 67.6 Å². The molecule has 0 atom stereocenters. The molecule has 1 heteroatoms. The Morgan fingerprint density at radius 2 is 1.69 bits per heavy atom. The van der Waals surface area contributed by atoms with Crippen molar-refractivity contribution >= 4 is 28.2 Å². The molecular weight excluding hydrogens is 307 g/mol. The molecule has 0 bridgehead atoms. The van der Waals surface area contributed by atoms with E-state index in [9.17, 15) is 0 Å². The third kappa shape index (κ3) is 3.62. The molecule has 0 saturated heterocycles. The van der Waals surface area contributed by atoms with Crippen LogP contribution in [0.1, 0.15) is 50.7 Å². The average Bonchev–Trinajstić information content (AvgIpc) is 2.27.